The van der Waals surface area contributed by atoms with E-state index in [0.29, 0.717) is 23.3 Å². The number of methoxy groups -OCH3 is 1. The van der Waals surface area contributed by atoms with E-state index in [1.165, 1.54) is 17.3 Å². The van der Waals surface area contributed by atoms with Crippen LogP contribution in [-0.4, -0.2) is 25.1 Å². The summed E-state index contributed by atoms with van der Waals surface area (Å²) in [5.74, 6) is 2.09. The van der Waals surface area contributed by atoms with Crippen molar-refractivity contribution in [3.05, 3.63) is 58.1 Å². The molecule has 0 aliphatic rings. The Morgan fingerprint density at radius 1 is 1.27 bits per heavy atom. The lowest BCUT2D eigenvalue weighted by Gasteiger charge is -2.12. The normalized spacial score (nSPS) is 11.7. The smallest absolute Gasteiger partial charge is 0.180 e. The van der Waals surface area contributed by atoms with E-state index in [1.54, 1.807) is 13.3 Å². The van der Waals surface area contributed by atoms with Crippen LogP contribution in [0.4, 0.5) is 0 Å². The van der Waals surface area contributed by atoms with Gasteiger partial charge < -0.3 is 15.2 Å². The summed E-state index contributed by atoms with van der Waals surface area (Å²) in [5, 5.41) is 8.51. The average molecular weight is 436 g/mol. The van der Waals surface area contributed by atoms with Crippen LogP contribution in [0.25, 0.3) is 0 Å². The number of halogens is 1. The Bertz CT molecular complexity index is 767. The van der Waals surface area contributed by atoms with Crippen LogP contribution in [0.15, 0.2) is 57.1 Å². The summed E-state index contributed by atoms with van der Waals surface area (Å²) in [5.41, 5.74) is 7.92. The summed E-state index contributed by atoms with van der Waals surface area (Å²) in [6.45, 7) is 2.68. The fraction of sp³-hybridized carbons (Fsp3) is 0.263. The largest absolute Gasteiger partial charge is 0.493 e. The number of amidine groups is 1. The summed E-state index contributed by atoms with van der Waals surface area (Å²) in [6, 6.07) is 13.8. The molecule has 0 spiro atoms. The van der Waals surface area contributed by atoms with Gasteiger partial charge in [0.25, 0.3) is 0 Å². The van der Waals surface area contributed by atoms with Crippen LogP contribution < -0.4 is 15.2 Å². The van der Waals surface area contributed by atoms with E-state index >= 15 is 0 Å². The lowest BCUT2D eigenvalue weighted by Crippen LogP contribution is -2.06. The number of hydrogen-bond donors (Lipinski definition) is 1. The van der Waals surface area contributed by atoms with Crippen LogP contribution >= 0.6 is 27.7 Å². The zero-order chi connectivity index (χ0) is 18.8. The number of nitrogens with two attached hydrogens (primary N) is 1. The monoisotopic (exact) mass is 435 g/mol. The first-order chi connectivity index (χ1) is 12.6. The maximum Gasteiger partial charge on any atom is 0.180 e. The van der Waals surface area contributed by atoms with E-state index in [1.807, 2.05) is 30.3 Å². The Kier molecular flexibility index (Phi) is 8.50. The first-order valence-electron chi connectivity index (χ1n) is 8.17. The standard InChI is InChI=1S/C19H22BrN3O2S/c1-3-9-25-18-16(20)10-15(11-17(18)24-2)12-22-23-19(21)26-13-14-7-5-4-6-8-14/h4-8,10-12H,3,9,13H2,1-2H3,(H2,21,23). The number of nitrogens with zero attached hydrogens (tertiary/aromatic N) is 2. The summed E-state index contributed by atoms with van der Waals surface area (Å²) >= 11 is 4.96. The van der Waals surface area contributed by atoms with Crippen LogP contribution in [0.3, 0.4) is 0 Å². The highest BCUT2D eigenvalue weighted by molar-refractivity contribution is 9.10. The van der Waals surface area contributed by atoms with Crippen LogP contribution in [-0.2, 0) is 5.75 Å². The Labute approximate surface area is 166 Å². The second-order valence-corrected chi connectivity index (χ2v) is 7.19. The maximum atomic E-state index is 5.90. The minimum atomic E-state index is 0.416. The summed E-state index contributed by atoms with van der Waals surface area (Å²) < 4.78 is 11.9. The van der Waals surface area contributed by atoms with E-state index in [9.17, 15) is 0 Å². The van der Waals surface area contributed by atoms with Crippen LogP contribution in [0.1, 0.15) is 24.5 Å². The second-order valence-electron chi connectivity index (χ2n) is 5.34. The van der Waals surface area contributed by atoms with E-state index < -0.39 is 0 Å². The van der Waals surface area contributed by atoms with E-state index in [0.717, 1.165) is 22.2 Å². The van der Waals surface area contributed by atoms with Crippen molar-refractivity contribution >= 4 is 39.1 Å². The van der Waals surface area contributed by atoms with E-state index in [4.69, 9.17) is 15.2 Å². The first kappa shape index (κ1) is 20.3. The molecule has 0 heterocycles. The molecule has 0 saturated heterocycles. The third-order valence-corrected chi connectivity index (χ3v) is 4.74. The topological polar surface area (TPSA) is 69.2 Å². The number of benzene rings is 2. The molecule has 0 bridgehead atoms. The molecule has 2 aromatic carbocycles. The van der Waals surface area contributed by atoms with Gasteiger partial charge in [0.15, 0.2) is 16.7 Å². The van der Waals surface area contributed by atoms with Crippen molar-refractivity contribution in [2.24, 2.45) is 15.9 Å². The van der Waals surface area contributed by atoms with Crippen molar-refractivity contribution in [1.82, 2.24) is 0 Å². The summed E-state index contributed by atoms with van der Waals surface area (Å²) in [7, 11) is 1.61. The summed E-state index contributed by atoms with van der Waals surface area (Å²) in [4.78, 5) is 0. The molecule has 5 nitrogen and oxygen atoms in total. The molecule has 2 aromatic rings. The first-order valence-corrected chi connectivity index (χ1v) is 9.95. The molecule has 0 atom stereocenters. The highest BCUT2D eigenvalue weighted by Gasteiger charge is 2.10. The number of thioether (sulfide) groups is 1. The molecule has 0 aliphatic heterocycles. The van der Waals surface area contributed by atoms with E-state index in [-0.39, 0.29) is 0 Å². The lowest BCUT2D eigenvalue weighted by molar-refractivity contribution is 0.292. The second kappa shape index (κ2) is 10.9. The van der Waals surface area contributed by atoms with Crippen molar-refractivity contribution in [2.45, 2.75) is 19.1 Å². The number of ether oxygens (including phenoxy) is 2. The van der Waals surface area contributed by atoms with Gasteiger partial charge in [-0.2, -0.15) is 5.10 Å². The lowest BCUT2D eigenvalue weighted by atomic mass is 10.2. The van der Waals surface area contributed by atoms with Gasteiger partial charge in [-0.3, -0.25) is 0 Å². The molecule has 0 unspecified atom stereocenters. The average Bonchev–Trinajstić information content (AvgIpc) is 2.66. The molecule has 0 fully saturated rings. The van der Waals surface area contributed by atoms with Crippen molar-refractivity contribution in [3.8, 4) is 11.5 Å². The van der Waals surface area contributed by atoms with Gasteiger partial charge in [-0.05, 0) is 45.6 Å². The zero-order valence-electron chi connectivity index (χ0n) is 14.8. The van der Waals surface area contributed by atoms with Gasteiger partial charge in [-0.25, -0.2) is 0 Å². The summed E-state index contributed by atoms with van der Waals surface area (Å²) in [6.07, 6.45) is 2.56. The van der Waals surface area contributed by atoms with Gasteiger partial charge in [0.1, 0.15) is 0 Å². The van der Waals surface area contributed by atoms with Gasteiger partial charge in [0.2, 0.25) is 0 Å². The molecule has 0 radical (unpaired) electrons. The van der Waals surface area contributed by atoms with Gasteiger partial charge >= 0.3 is 0 Å². The number of rotatable bonds is 8. The molecular weight excluding hydrogens is 414 g/mol. The highest BCUT2D eigenvalue weighted by Crippen LogP contribution is 2.36. The Morgan fingerprint density at radius 2 is 2.04 bits per heavy atom. The van der Waals surface area contributed by atoms with Gasteiger partial charge in [-0.1, -0.05) is 49.0 Å². The van der Waals surface area contributed by atoms with Crippen LogP contribution in [0.5, 0.6) is 11.5 Å². The SMILES string of the molecule is CCCOc1c(Br)cc(C=NN=C(N)SCc2ccccc2)cc1OC. The maximum absolute atomic E-state index is 5.90. The Hall–Kier alpha value is -1.99. The Balaban J connectivity index is 2.01. The predicted molar refractivity (Wildman–Crippen MR) is 113 cm³/mol. The minimum Gasteiger partial charge on any atom is -0.493 e. The molecule has 7 heteroatoms. The fourth-order valence-electron chi connectivity index (χ4n) is 2.07. The molecule has 0 amide bonds. The van der Waals surface area contributed by atoms with Crippen LogP contribution in [0.2, 0.25) is 0 Å². The Morgan fingerprint density at radius 3 is 2.73 bits per heavy atom. The van der Waals surface area contributed by atoms with Gasteiger partial charge in [0, 0.05) is 5.75 Å². The predicted octanol–water partition coefficient (Wildman–Crippen LogP) is 4.83. The van der Waals surface area contributed by atoms with Gasteiger partial charge in [-0.15, -0.1) is 5.10 Å². The van der Waals surface area contributed by atoms with Crippen molar-refractivity contribution in [2.75, 3.05) is 13.7 Å². The van der Waals surface area contributed by atoms with Crippen molar-refractivity contribution in [3.63, 3.8) is 0 Å². The van der Waals surface area contributed by atoms with Gasteiger partial charge in [0.05, 0.1) is 24.4 Å². The van der Waals surface area contributed by atoms with E-state index in [2.05, 4.69) is 45.2 Å². The molecule has 2 rings (SSSR count). The molecule has 26 heavy (non-hydrogen) atoms. The molecule has 0 saturated carbocycles. The third kappa shape index (κ3) is 6.38. The minimum absolute atomic E-state index is 0.416. The van der Waals surface area contributed by atoms with Crippen molar-refractivity contribution in [1.29, 1.82) is 0 Å². The number of hydrogen-bond acceptors (Lipinski definition) is 5. The van der Waals surface area contributed by atoms with Crippen LogP contribution in [0, 0.1) is 0 Å². The molecular formula is C19H22BrN3O2S. The highest BCUT2D eigenvalue weighted by atomic mass is 79.9. The molecule has 0 aliphatic carbocycles. The molecule has 138 valence electrons. The molecule has 2 N–H and O–H groups in total. The fourth-order valence-corrected chi connectivity index (χ4v) is 3.26. The third-order valence-electron chi connectivity index (χ3n) is 3.29. The quantitative estimate of drug-likeness (QED) is 0.366. The molecule has 0 aromatic heterocycles. The van der Waals surface area contributed by atoms with Crippen molar-refractivity contribution < 1.29 is 9.47 Å². The zero-order valence-corrected chi connectivity index (χ0v) is 17.2.